The minimum atomic E-state index is -1.01. The van der Waals surface area contributed by atoms with Gasteiger partial charge in [-0.25, -0.2) is 9.86 Å². The molecule has 5 nitrogen and oxygen atoms in total. The fourth-order valence-electron chi connectivity index (χ4n) is 3.31. The molecule has 0 radical (unpaired) electrons. The zero-order valence-electron chi connectivity index (χ0n) is 15.3. The summed E-state index contributed by atoms with van der Waals surface area (Å²) in [7, 11) is 0. The molecule has 1 aliphatic rings. The number of benzene rings is 2. The van der Waals surface area contributed by atoms with Gasteiger partial charge in [-0.05, 0) is 88.3 Å². The number of nitrogens with zero attached hydrogens (tertiary/aromatic N) is 1. The summed E-state index contributed by atoms with van der Waals surface area (Å²) in [6.07, 6.45) is 4.23. The van der Waals surface area contributed by atoms with Gasteiger partial charge < -0.3 is 10.3 Å². The molecule has 2 amide bonds. The third-order valence-electron chi connectivity index (χ3n) is 4.75. The fourth-order valence-corrected chi connectivity index (χ4v) is 3.83. The zero-order chi connectivity index (χ0) is 19.6. The molecular weight excluding hydrogens is 360 g/mol. The number of hydrogen-bond acceptors (Lipinski definition) is 3. The van der Waals surface area contributed by atoms with Crippen LogP contribution in [-0.2, 0) is 11.2 Å². The van der Waals surface area contributed by atoms with Gasteiger partial charge >= 0.3 is 6.03 Å². The van der Waals surface area contributed by atoms with Gasteiger partial charge in [0, 0.05) is 0 Å². The van der Waals surface area contributed by atoms with E-state index in [0.717, 1.165) is 38.3 Å². The summed E-state index contributed by atoms with van der Waals surface area (Å²) >= 11 is -1.01. The SMILES string of the molecule is CC1=C(CCN(O)C(N)=O)/C(=C\c2ccc([S+](C)[O-])cc2)c2ccccc21. The molecule has 140 valence electrons. The highest BCUT2D eigenvalue weighted by molar-refractivity contribution is 7.90. The first kappa shape index (κ1) is 19.2. The molecule has 0 aromatic heterocycles. The van der Waals surface area contributed by atoms with Crippen LogP contribution in [0.4, 0.5) is 4.79 Å². The lowest BCUT2D eigenvalue weighted by Gasteiger charge is -2.14. The highest BCUT2D eigenvalue weighted by atomic mass is 32.2. The Hall–Kier alpha value is -2.54. The number of allylic oxidation sites excluding steroid dienone is 2. The van der Waals surface area contributed by atoms with Crippen LogP contribution in [0.5, 0.6) is 0 Å². The molecule has 2 aromatic rings. The minimum Gasteiger partial charge on any atom is -0.612 e. The van der Waals surface area contributed by atoms with Crippen molar-refractivity contribution in [2.75, 3.05) is 12.8 Å². The van der Waals surface area contributed by atoms with Crippen LogP contribution in [0.1, 0.15) is 30.0 Å². The van der Waals surface area contributed by atoms with E-state index in [9.17, 15) is 14.6 Å². The Morgan fingerprint density at radius 2 is 1.81 bits per heavy atom. The first-order valence-electron chi connectivity index (χ1n) is 8.59. The van der Waals surface area contributed by atoms with Crippen molar-refractivity contribution < 1.29 is 14.6 Å². The largest absolute Gasteiger partial charge is 0.612 e. The molecule has 6 heteroatoms. The molecule has 0 saturated carbocycles. The van der Waals surface area contributed by atoms with Gasteiger partial charge in [0.2, 0.25) is 0 Å². The van der Waals surface area contributed by atoms with E-state index in [-0.39, 0.29) is 6.54 Å². The molecule has 2 aromatic carbocycles. The minimum absolute atomic E-state index is 0.126. The van der Waals surface area contributed by atoms with Crippen molar-refractivity contribution in [3.8, 4) is 0 Å². The summed E-state index contributed by atoms with van der Waals surface area (Å²) < 4.78 is 11.6. The van der Waals surface area contributed by atoms with Gasteiger partial charge in [0.1, 0.15) is 6.26 Å². The second kappa shape index (κ2) is 8.00. The molecule has 1 unspecified atom stereocenters. The molecule has 1 atom stereocenters. The first-order chi connectivity index (χ1) is 12.9. The highest BCUT2D eigenvalue weighted by Gasteiger charge is 2.24. The monoisotopic (exact) mass is 382 g/mol. The van der Waals surface area contributed by atoms with E-state index in [1.165, 1.54) is 0 Å². The van der Waals surface area contributed by atoms with Gasteiger partial charge in [-0.2, -0.15) is 0 Å². The topological polar surface area (TPSA) is 89.6 Å². The third kappa shape index (κ3) is 4.08. The number of nitrogens with two attached hydrogens (primary N) is 1. The van der Waals surface area contributed by atoms with Gasteiger partial charge in [-0.3, -0.25) is 5.21 Å². The van der Waals surface area contributed by atoms with E-state index in [0.29, 0.717) is 11.5 Å². The number of primary amides is 1. The van der Waals surface area contributed by atoms with E-state index in [4.69, 9.17) is 5.73 Å². The Morgan fingerprint density at radius 1 is 1.19 bits per heavy atom. The number of hydroxylamine groups is 2. The number of fused-ring (bicyclic) bond motifs is 1. The van der Waals surface area contributed by atoms with E-state index in [1.807, 2.05) is 43.3 Å². The average Bonchev–Trinajstić information content (AvgIpc) is 2.92. The summed E-state index contributed by atoms with van der Waals surface area (Å²) in [5, 5.41) is 10.2. The van der Waals surface area contributed by atoms with Gasteiger partial charge in [-0.15, -0.1) is 0 Å². The van der Waals surface area contributed by atoms with Crippen molar-refractivity contribution in [2.45, 2.75) is 18.2 Å². The van der Waals surface area contributed by atoms with Crippen molar-refractivity contribution >= 4 is 34.4 Å². The molecule has 0 aliphatic heterocycles. The van der Waals surface area contributed by atoms with Crippen LogP contribution in [0.2, 0.25) is 0 Å². The summed E-state index contributed by atoms with van der Waals surface area (Å²) in [6.45, 7) is 2.17. The predicted octanol–water partition coefficient (Wildman–Crippen LogP) is 3.91. The van der Waals surface area contributed by atoms with Crippen molar-refractivity contribution in [3.63, 3.8) is 0 Å². The van der Waals surface area contributed by atoms with E-state index in [1.54, 1.807) is 6.26 Å². The van der Waals surface area contributed by atoms with Crippen LogP contribution in [0.3, 0.4) is 0 Å². The Kier molecular flexibility index (Phi) is 5.70. The average molecular weight is 382 g/mol. The Morgan fingerprint density at radius 3 is 2.41 bits per heavy atom. The molecular formula is C21H22N2O3S. The molecule has 1 aliphatic carbocycles. The second-order valence-electron chi connectivity index (χ2n) is 6.44. The maximum atomic E-state index is 11.6. The van der Waals surface area contributed by atoms with Gasteiger partial charge in [0.05, 0.1) is 6.54 Å². The Balaban J connectivity index is 1.97. The summed E-state index contributed by atoms with van der Waals surface area (Å²) in [4.78, 5) is 11.9. The van der Waals surface area contributed by atoms with Gasteiger partial charge in [0.25, 0.3) is 0 Å². The van der Waals surface area contributed by atoms with Crippen LogP contribution in [0.15, 0.2) is 59.0 Å². The van der Waals surface area contributed by atoms with Crippen LogP contribution >= 0.6 is 0 Å². The summed E-state index contributed by atoms with van der Waals surface area (Å²) in [6, 6.07) is 14.9. The number of urea groups is 1. The number of carbonyl (C=O) groups excluding carboxylic acids is 1. The second-order valence-corrected chi connectivity index (χ2v) is 7.82. The maximum absolute atomic E-state index is 11.6. The zero-order valence-corrected chi connectivity index (χ0v) is 16.1. The molecule has 0 saturated heterocycles. The lowest BCUT2D eigenvalue weighted by Crippen LogP contribution is -2.33. The van der Waals surface area contributed by atoms with Crippen LogP contribution in [0.25, 0.3) is 17.2 Å². The lowest BCUT2D eigenvalue weighted by molar-refractivity contribution is -0.0379. The number of rotatable bonds is 5. The van der Waals surface area contributed by atoms with Crippen LogP contribution < -0.4 is 5.73 Å². The van der Waals surface area contributed by atoms with Crippen LogP contribution in [0, 0.1) is 0 Å². The number of carbonyl (C=O) groups is 1. The third-order valence-corrected chi connectivity index (χ3v) is 5.69. The lowest BCUT2D eigenvalue weighted by atomic mass is 9.98. The van der Waals surface area contributed by atoms with E-state index >= 15 is 0 Å². The molecule has 3 N–H and O–H groups in total. The maximum Gasteiger partial charge on any atom is 0.338 e. The quantitative estimate of drug-likeness (QED) is 0.467. The van der Waals surface area contributed by atoms with E-state index < -0.39 is 17.2 Å². The Bertz CT molecular complexity index is 917. The molecule has 0 heterocycles. The van der Waals surface area contributed by atoms with Crippen molar-refractivity contribution in [2.24, 2.45) is 5.73 Å². The summed E-state index contributed by atoms with van der Waals surface area (Å²) in [5.74, 6) is 0. The van der Waals surface area contributed by atoms with E-state index in [2.05, 4.69) is 18.2 Å². The predicted molar refractivity (Wildman–Crippen MR) is 108 cm³/mol. The van der Waals surface area contributed by atoms with Gasteiger partial charge in [0.15, 0.2) is 4.90 Å². The van der Waals surface area contributed by atoms with Crippen LogP contribution in [-0.4, -0.2) is 33.7 Å². The molecule has 0 fully saturated rings. The molecule has 3 rings (SSSR count). The number of amides is 2. The van der Waals surface area contributed by atoms with Crippen molar-refractivity contribution in [3.05, 3.63) is 70.8 Å². The normalized spacial score (nSPS) is 15.8. The first-order valence-corrected chi connectivity index (χ1v) is 10.1. The fraction of sp³-hybridized carbons (Fsp3) is 0.190. The molecule has 0 spiro atoms. The summed E-state index contributed by atoms with van der Waals surface area (Å²) in [5.41, 5.74) is 11.6. The molecule has 27 heavy (non-hydrogen) atoms. The smallest absolute Gasteiger partial charge is 0.338 e. The Labute approximate surface area is 161 Å². The van der Waals surface area contributed by atoms with Crippen molar-refractivity contribution in [1.29, 1.82) is 0 Å². The standard InChI is InChI=1S/C21H22N2O3S/c1-14-17-5-3-4-6-19(17)20(18(14)11-12-23(25)21(22)24)13-15-7-9-16(10-8-15)27(2)26/h3-10,13,25H,11-12H2,1-2H3,(H2,22,24)/b20-13+. The number of hydrogen-bond donors (Lipinski definition) is 2. The molecule has 0 bridgehead atoms. The highest BCUT2D eigenvalue weighted by Crippen LogP contribution is 2.43. The van der Waals surface area contributed by atoms with Crippen molar-refractivity contribution in [1.82, 2.24) is 5.06 Å². The van der Waals surface area contributed by atoms with Gasteiger partial charge in [-0.1, -0.05) is 24.3 Å².